The minimum Gasteiger partial charge on any atom is -0.361 e. The van der Waals surface area contributed by atoms with Gasteiger partial charge >= 0.3 is 0 Å². The van der Waals surface area contributed by atoms with Crippen molar-refractivity contribution in [3.05, 3.63) is 64.2 Å². The van der Waals surface area contributed by atoms with Crippen molar-refractivity contribution in [1.29, 1.82) is 0 Å². The molecule has 2 heterocycles. The van der Waals surface area contributed by atoms with Gasteiger partial charge in [0.2, 0.25) is 0 Å². The zero-order chi connectivity index (χ0) is 15.5. The molecule has 112 valence electrons. The Hall–Kier alpha value is -2.89. The molecule has 0 aliphatic heterocycles. The fraction of sp³-hybridized carbons (Fsp3) is 0.188. The smallest absolute Gasteiger partial charge is 0.271 e. The van der Waals surface area contributed by atoms with Gasteiger partial charge in [-0.3, -0.25) is 9.59 Å². The van der Waals surface area contributed by atoms with Crippen LogP contribution in [0.15, 0.2) is 47.4 Å². The monoisotopic (exact) mass is 296 g/mol. The fourth-order valence-corrected chi connectivity index (χ4v) is 2.36. The average molecular weight is 296 g/mol. The lowest BCUT2D eigenvalue weighted by Gasteiger charge is -2.05. The Morgan fingerprint density at radius 1 is 1.27 bits per heavy atom. The highest BCUT2D eigenvalue weighted by atomic mass is 16.2. The van der Waals surface area contributed by atoms with E-state index < -0.39 is 0 Å². The Balaban J connectivity index is 1.64. The molecular weight excluding hydrogens is 280 g/mol. The van der Waals surface area contributed by atoms with Crippen LogP contribution in [0.25, 0.3) is 10.9 Å². The van der Waals surface area contributed by atoms with E-state index in [1.165, 1.54) is 19.2 Å². The molecular formula is C16H16N4O2. The van der Waals surface area contributed by atoms with Crippen LogP contribution in [0.4, 0.5) is 0 Å². The molecule has 0 spiro atoms. The van der Waals surface area contributed by atoms with Crippen molar-refractivity contribution in [3.8, 4) is 0 Å². The second kappa shape index (κ2) is 5.85. The number of hydrogen-bond acceptors (Lipinski definition) is 3. The first kappa shape index (κ1) is 14.1. The van der Waals surface area contributed by atoms with Gasteiger partial charge in [-0.2, -0.15) is 5.10 Å². The second-order valence-electron chi connectivity index (χ2n) is 5.05. The normalized spacial score (nSPS) is 10.8. The maximum Gasteiger partial charge on any atom is 0.271 e. The van der Waals surface area contributed by atoms with Crippen LogP contribution in [-0.2, 0) is 13.5 Å². The molecule has 0 saturated carbocycles. The fourth-order valence-electron chi connectivity index (χ4n) is 2.36. The summed E-state index contributed by atoms with van der Waals surface area (Å²) < 4.78 is 1.15. The molecule has 1 amide bonds. The summed E-state index contributed by atoms with van der Waals surface area (Å²) in [5.41, 5.74) is 2.24. The van der Waals surface area contributed by atoms with Crippen LogP contribution in [0, 0.1) is 0 Å². The van der Waals surface area contributed by atoms with Crippen molar-refractivity contribution >= 4 is 16.8 Å². The molecule has 0 aliphatic carbocycles. The lowest BCUT2D eigenvalue weighted by Crippen LogP contribution is -2.29. The Bertz CT molecular complexity index is 879. The second-order valence-corrected chi connectivity index (χ2v) is 5.05. The number of hydrogen-bond donors (Lipinski definition) is 2. The van der Waals surface area contributed by atoms with E-state index in [0.29, 0.717) is 6.54 Å². The standard InChI is InChI=1S/C16H16N4O2/c1-20-15(21)7-6-14(19-20)16(22)17-9-8-11-10-18-13-5-3-2-4-12(11)13/h2-7,10,18H,8-9H2,1H3,(H,17,22). The Labute approximate surface area is 126 Å². The minimum atomic E-state index is -0.282. The van der Waals surface area contributed by atoms with Crippen LogP contribution in [0.1, 0.15) is 16.1 Å². The maximum atomic E-state index is 12.0. The first-order valence-corrected chi connectivity index (χ1v) is 7.03. The Morgan fingerprint density at radius 2 is 2.09 bits per heavy atom. The van der Waals surface area contributed by atoms with E-state index in [0.717, 1.165) is 27.6 Å². The highest BCUT2D eigenvalue weighted by Gasteiger charge is 2.09. The van der Waals surface area contributed by atoms with Crippen molar-refractivity contribution in [2.24, 2.45) is 7.05 Å². The van der Waals surface area contributed by atoms with Gasteiger partial charge in [0.1, 0.15) is 5.69 Å². The molecule has 0 aliphatic rings. The van der Waals surface area contributed by atoms with Crippen LogP contribution >= 0.6 is 0 Å². The van der Waals surface area contributed by atoms with E-state index in [9.17, 15) is 9.59 Å². The Kier molecular flexibility index (Phi) is 3.74. The summed E-state index contributed by atoms with van der Waals surface area (Å²) >= 11 is 0. The van der Waals surface area contributed by atoms with Crippen LogP contribution in [0.5, 0.6) is 0 Å². The van der Waals surface area contributed by atoms with Crippen molar-refractivity contribution in [2.75, 3.05) is 6.54 Å². The van der Waals surface area contributed by atoms with Gasteiger partial charge in [0.15, 0.2) is 0 Å². The summed E-state index contributed by atoms with van der Waals surface area (Å²) in [7, 11) is 1.52. The van der Waals surface area contributed by atoms with Gasteiger partial charge in [0.25, 0.3) is 11.5 Å². The van der Waals surface area contributed by atoms with Crippen molar-refractivity contribution in [3.63, 3.8) is 0 Å². The number of nitrogens with zero attached hydrogens (tertiary/aromatic N) is 2. The number of H-pyrrole nitrogens is 1. The SMILES string of the molecule is Cn1nc(C(=O)NCCc2c[nH]c3ccccc23)ccc1=O. The molecule has 3 aromatic rings. The van der Waals surface area contributed by atoms with Crippen LogP contribution in [0.3, 0.4) is 0 Å². The van der Waals surface area contributed by atoms with E-state index >= 15 is 0 Å². The highest BCUT2D eigenvalue weighted by molar-refractivity contribution is 5.92. The van der Waals surface area contributed by atoms with Crippen LogP contribution in [0.2, 0.25) is 0 Å². The highest BCUT2D eigenvalue weighted by Crippen LogP contribution is 2.17. The number of aryl methyl sites for hydroxylation is 1. The van der Waals surface area contributed by atoms with Gasteiger partial charge in [-0.15, -0.1) is 0 Å². The molecule has 0 atom stereocenters. The summed E-state index contributed by atoms with van der Waals surface area (Å²) in [5.74, 6) is -0.282. The van der Waals surface area contributed by atoms with E-state index in [1.807, 2.05) is 24.4 Å². The molecule has 3 rings (SSSR count). The summed E-state index contributed by atoms with van der Waals surface area (Å²) in [6, 6.07) is 10.8. The number of benzene rings is 1. The number of amides is 1. The maximum absolute atomic E-state index is 12.0. The summed E-state index contributed by atoms with van der Waals surface area (Å²) in [4.78, 5) is 26.5. The van der Waals surface area contributed by atoms with Gasteiger partial charge in [-0.05, 0) is 24.1 Å². The number of fused-ring (bicyclic) bond motifs is 1. The number of aromatic amines is 1. The van der Waals surface area contributed by atoms with E-state index in [2.05, 4.69) is 21.5 Å². The number of carbonyl (C=O) groups is 1. The molecule has 2 N–H and O–H groups in total. The zero-order valence-electron chi connectivity index (χ0n) is 12.2. The zero-order valence-corrected chi connectivity index (χ0v) is 12.2. The van der Waals surface area contributed by atoms with Crippen molar-refractivity contribution in [1.82, 2.24) is 20.1 Å². The van der Waals surface area contributed by atoms with Crippen LogP contribution < -0.4 is 10.9 Å². The van der Waals surface area contributed by atoms with Crippen molar-refractivity contribution < 1.29 is 4.79 Å². The average Bonchev–Trinajstić information content (AvgIpc) is 2.93. The molecule has 6 nitrogen and oxygen atoms in total. The summed E-state index contributed by atoms with van der Waals surface area (Å²) in [5, 5.41) is 7.91. The lowest BCUT2D eigenvalue weighted by molar-refractivity contribution is 0.0947. The molecule has 0 unspecified atom stereocenters. The van der Waals surface area contributed by atoms with Gasteiger partial charge in [0.05, 0.1) is 0 Å². The number of rotatable bonds is 4. The third-order valence-corrected chi connectivity index (χ3v) is 3.55. The number of aromatic nitrogens is 3. The first-order valence-electron chi connectivity index (χ1n) is 7.03. The van der Waals surface area contributed by atoms with Crippen LogP contribution in [-0.4, -0.2) is 27.2 Å². The molecule has 0 radical (unpaired) electrons. The Morgan fingerprint density at radius 3 is 2.91 bits per heavy atom. The molecule has 6 heteroatoms. The quantitative estimate of drug-likeness (QED) is 0.760. The third kappa shape index (κ3) is 2.76. The third-order valence-electron chi connectivity index (χ3n) is 3.55. The molecule has 0 saturated heterocycles. The summed E-state index contributed by atoms with van der Waals surface area (Å²) in [6.45, 7) is 0.505. The molecule has 2 aromatic heterocycles. The minimum absolute atomic E-state index is 0.237. The molecule has 0 bridgehead atoms. The lowest BCUT2D eigenvalue weighted by atomic mass is 10.1. The largest absolute Gasteiger partial charge is 0.361 e. The number of para-hydroxylation sites is 1. The molecule has 0 fully saturated rings. The van der Waals surface area contributed by atoms with E-state index in [1.54, 1.807) is 0 Å². The van der Waals surface area contributed by atoms with E-state index in [4.69, 9.17) is 0 Å². The number of nitrogens with one attached hydrogen (secondary N) is 2. The predicted molar refractivity (Wildman–Crippen MR) is 83.8 cm³/mol. The predicted octanol–water partition coefficient (Wildman–Crippen LogP) is 1.23. The van der Waals surface area contributed by atoms with E-state index in [-0.39, 0.29) is 17.2 Å². The van der Waals surface area contributed by atoms with Gasteiger partial charge in [0, 0.05) is 36.8 Å². The number of carbonyl (C=O) groups excluding carboxylic acids is 1. The summed E-state index contributed by atoms with van der Waals surface area (Å²) in [6.07, 6.45) is 2.68. The molecule has 22 heavy (non-hydrogen) atoms. The topological polar surface area (TPSA) is 79.8 Å². The van der Waals surface area contributed by atoms with Crippen molar-refractivity contribution in [2.45, 2.75) is 6.42 Å². The molecule has 1 aromatic carbocycles. The van der Waals surface area contributed by atoms with Gasteiger partial charge in [-0.1, -0.05) is 18.2 Å². The van der Waals surface area contributed by atoms with Gasteiger partial charge in [-0.25, -0.2) is 4.68 Å². The van der Waals surface area contributed by atoms with Gasteiger partial charge < -0.3 is 10.3 Å². The first-order chi connectivity index (χ1) is 10.6.